The van der Waals surface area contributed by atoms with E-state index >= 15 is 0 Å². The van der Waals surface area contributed by atoms with Crippen molar-refractivity contribution in [1.82, 2.24) is 15.4 Å². The lowest BCUT2D eigenvalue weighted by Crippen LogP contribution is -2.20. The van der Waals surface area contributed by atoms with Crippen molar-refractivity contribution in [3.8, 4) is 11.8 Å². The van der Waals surface area contributed by atoms with E-state index in [0.717, 1.165) is 23.4 Å². The number of anilines is 1. The maximum absolute atomic E-state index is 3.94. The van der Waals surface area contributed by atoms with Gasteiger partial charge in [-0.25, -0.2) is 15.4 Å². The van der Waals surface area contributed by atoms with Gasteiger partial charge in [0, 0.05) is 30.2 Å². The molecule has 1 aromatic heterocycles. The van der Waals surface area contributed by atoms with Crippen LogP contribution in [0.3, 0.4) is 0 Å². The molecule has 0 atom stereocenters. The van der Waals surface area contributed by atoms with Gasteiger partial charge in [-0.2, -0.15) is 0 Å². The van der Waals surface area contributed by atoms with Crippen LogP contribution in [0, 0.1) is 11.8 Å². The first-order chi connectivity index (χ1) is 11.4. The summed E-state index contributed by atoms with van der Waals surface area (Å²) >= 11 is 0. The Bertz CT molecular complexity index is 788. The summed E-state index contributed by atoms with van der Waals surface area (Å²) in [7, 11) is 0. The lowest BCUT2D eigenvalue weighted by Gasteiger charge is -2.08. The maximum Gasteiger partial charge on any atom is 0.115 e. The van der Waals surface area contributed by atoms with Crippen LogP contribution in [0.4, 0.5) is 5.69 Å². The van der Waals surface area contributed by atoms with Crippen molar-refractivity contribution in [2.75, 3.05) is 5.43 Å². The fourth-order valence-corrected chi connectivity index (χ4v) is 1.98. The molecule has 0 aliphatic rings. The van der Waals surface area contributed by atoms with Crippen LogP contribution in [-0.2, 0) is 6.54 Å². The average molecular weight is 300 g/mol. The monoisotopic (exact) mass is 300 g/mol. The molecule has 2 aromatic carbocycles. The van der Waals surface area contributed by atoms with Gasteiger partial charge in [0.25, 0.3) is 0 Å². The van der Waals surface area contributed by atoms with Crippen LogP contribution in [0.1, 0.15) is 16.7 Å². The molecule has 0 spiro atoms. The van der Waals surface area contributed by atoms with Gasteiger partial charge in [-0.05, 0) is 29.8 Å². The molecule has 2 N–H and O–H groups in total. The van der Waals surface area contributed by atoms with Gasteiger partial charge in [0.2, 0.25) is 0 Å². The van der Waals surface area contributed by atoms with Gasteiger partial charge in [-0.15, -0.1) is 0 Å². The first kappa shape index (κ1) is 14.8. The van der Waals surface area contributed by atoms with Gasteiger partial charge in [0.05, 0.1) is 5.56 Å². The van der Waals surface area contributed by atoms with Crippen molar-refractivity contribution in [3.05, 3.63) is 90.0 Å². The number of hydrogen-bond donors (Lipinski definition) is 2. The Morgan fingerprint density at radius 3 is 2.22 bits per heavy atom. The third-order valence-corrected chi connectivity index (χ3v) is 3.16. The molecular formula is C19H16N4. The zero-order valence-electron chi connectivity index (χ0n) is 12.5. The van der Waals surface area contributed by atoms with E-state index in [-0.39, 0.29) is 0 Å². The third-order valence-electron chi connectivity index (χ3n) is 3.16. The molecule has 0 saturated carbocycles. The minimum atomic E-state index is 0.731. The summed E-state index contributed by atoms with van der Waals surface area (Å²) in [6, 6.07) is 18.2. The summed E-state index contributed by atoms with van der Waals surface area (Å²) in [5.41, 5.74) is 10.4. The Morgan fingerprint density at radius 2 is 1.48 bits per heavy atom. The molecule has 3 rings (SSSR count). The van der Waals surface area contributed by atoms with E-state index in [4.69, 9.17) is 0 Å². The highest BCUT2D eigenvalue weighted by molar-refractivity contribution is 5.43. The van der Waals surface area contributed by atoms with Gasteiger partial charge in [-0.3, -0.25) is 0 Å². The summed E-state index contributed by atoms with van der Waals surface area (Å²) in [6.45, 7) is 0.731. The second kappa shape index (κ2) is 7.74. The zero-order chi connectivity index (χ0) is 15.7. The molecule has 0 fully saturated rings. The summed E-state index contributed by atoms with van der Waals surface area (Å²) in [5.74, 6) is 6.15. The van der Waals surface area contributed by atoms with Crippen LogP contribution in [0.25, 0.3) is 0 Å². The number of benzene rings is 2. The van der Waals surface area contributed by atoms with Crippen LogP contribution in [0.15, 0.2) is 73.3 Å². The number of para-hydroxylation sites is 1. The minimum Gasteiger partial charge on any atom is -0.321 e. The lowest BCUT2D eigenvalue weighted by molar-refractivity contribution is 0.801. The first-order valence-electron chi connectivity index (χ1n) is 7.30. The van der Waals surface area contributed by atoms with Crippen LogP contribution >= 0.6 is 0 Å². The number of hydrogen-bond acceptors (Lipinski definition) is 4. The molecule has 0 radical (unpaired) electrons. The largest absolute Gasteiger partial charge is 0.321 e. The van der Waals surface area contributed by atoms with Gasteiger partial charge in [0.1, 0.15) is 6.33 Å². The van der Waals surface area contributed by atoms with Crippen LogP contribution in [-0.4, -0.2) is 9.97 Å². The number of rotatable bonds is 4. The Hall–Kier alpha value is -3.16. The molecule has 4 heteroatoms. The Balaban J connectivity index is 1.54. The number of hydrazine groups is 1. The highest BCUT2D eigenvalue weighted by Crippen LogP contribution is 2.05. The Labute approximate surface area is 135 Å². The van der Waals surface area contributed by atoms with Gasteiger partial charge in [-0.1, -0.05) is 42.2 Å². The van der Waals surface area contributed by atoms with Crippen LogP contribution in [0.5, 0.6) is 0 Å². The highest BCUT2D eigenvalue weighted by Gasteiger charge is 1.94. The summed E-state index contributed by atoms with van der Waals surface area (Å²) in [4.78, 5) is 7.88. The fourth-order valence-electron chi connectivity index (χ4n) is 1.98. The van der Waals surface area contributed by atoms with Crippen molar-refractivity contribution in [1.29, 1.82) is 0 Å². The van der Waals surface area contributed by atoms with E-state index in [0.29, 0.717) is 0 Å². The molecule has 0 amide bonds. The quantitative estimate of drug-likeness (QED) is 0.574. The molecule has 112 valence electrons. The van der Waals surface area contributed by atoms with Crippen LogP contribution < -0.4 is 10.9 Å². The van der Waals surface area contributed by atoms with Crippen molar-refractivity contribution in [2.24, 2.45) is 0 Å². The van der Waals surface area contributed by atoms with E-state index < -0.39 is 0 Å². The van der Waals surface area contributed by atoms with E-state index in [1.807, 2.05) is 42.5 Å². The van der Waals surface area contributed by atoms with E-state index in [1.165, 1.54) is 11.9 Å². The second-order valence-electron chi connectivity index (χ2n) is 4.92. The molecular weight excluding hydrogens is 284 g/mol. The standard InChI is InChI=1S/C19H16N4/c1-2-4-19(5-3-1)23-22-14-17-9-6-16(7-10-17)8-11-18-12-20-15-21-13-18/h1-7,9-10,12-13,15,22-23H,14H2. The zero-order valence-corrected chi connectivity index (χ0v) is 12.5. The predicted octanol–water partition coefficient (Wildman–Crippen LogP) is 2.99. The highest BCUT2D eigenvalue weighted by atomic mass is 15.3. The topological polar surface area (TPSA) is 49.8 Å². The van der Waals surface area contributed by atoms with Gasteiger partial charge < -0.3 is 5.43 Å². The molecule has 0 aliphatic heterocycles. The second-order valence-corrected chi connectivity index (χ2v) is 4.92. The SMILES string of the molecule is C(#Cc1cncnc1)c1ccc(CNNc2ccccc2)cc1. The van der Waals surface area contributed by atoms with Crippen molar-refractivity contribution in [3.63, 3.8) is 0 Å². The Kier molecular flexibility index (Phi) is 4.97. The summed E-state index contributed by atoms with van der Waals surface area (Å²) in [6.07, 6.45) is 4.90. The number of aromatic nitrogens is 2. The number of nitrogens with one attached hydrogen (secondary N) is 2. The Morgan fingerprint density at radius 1 is 0.783 bits per heavy atom. The summed E-state index contributed by atoms with van der Waals surface area (Å²) in [5, 5.41) is 0. The summed E-state index contributed by atoms with van der Waals surface area (Å²) < 4.78 is 0. The van der Waals surface area contributed by atoms with Gasteiger partial charge >= 0.3 is 0 Å². The molecule has 4 nitrogen and oxygen atoms in total. The smallest absolute Gasteiger partial charge is 0.115 e. The number of nitrogens with zero attached hydrogens (tertiary/aromatic N) is 2. The maximum atomic E-state index is 3.94. The normalized spacial score (nSPS) is 9.74. The van der Waals surface area contributed by atoms with Crippen LogP contribution in [0.2, 0.25) is 0 Å². The molecule has 3 aromatic rings. The minimum absolute atomic E-state index is 0.731. The van der Waals surface area contributed by atoms with E-state index in [1.54, 1.807) is 12.4 Å². The van der Waals surface area contributed by atoms with Gasteiger partial charge in [0.15, 0.2) is 0 Å². The molecule has 23 heavy (non-hydrogen) atoms. The molecule has 0 unspecified atom stereocenters. The van der Waals surface area contributed by atoms with E-state index in [9.17, 15) is 0 Å². The first-order valence-corrected chi connectivity index (χ1v) is 7.30. The van der Waals surface area contributed by atoms with E-state index in [2.05, 4.69) is 44.8 Å². The van der Waals surface area contributed by atoms with Crippen molar-refractivity contribution in [2.45, 2.75) is 6.54 Å². The van der Waals surface area contributed by atoms with Crippen molar-refractivity contribution < 1.29 is 0 Å². The lowest BCUT2D eigenvalue weighted by atomic mass is 10.1. The fraction of sp³-hybridized carbons (Fsp3) is 0.0526. The molecule has 0 saturated heterocycles. The molecule has 0 aliphatic carbocycles. The van der Waals surface area contributed by atoms with Crippen molar-refractivity contribution >= 4 is 5.69 Å². The average Bonchev–Trinajstić information content (AvgIpc) is 2.63. The predicted molar refractivity (Wildman–Crippen MR) is 91.4 cm³/mol. The third kappa shape index (κ3) is 4.67. The molecule has 1 heterocycles. The molecule has 0 bridgehead atoms.